The van der Waals surface area contributed by atoms with Crippen molar-refractivity contribution in [1.29, 1.82) is 0 Å². The zero-order valence-corrected chi connectivity index (χ0v) is 22.7. The maximum atomic E-state index is 13.9. The summed E-state index contributed by atoms with van der Waals surface area (Å²) in [6.45, 7) is 3.68. The van der Waals surface area contributed by atoms with Gasteiger partial charge in [-0.05, 0) is 37.7 Å². The van der Waals surface area contributed by atoms with Crippen LogP contribution in [-0.2, 0) is 20.9 Å². The highest BCUT2D eigenvalue weighted by atomic mass is 79.9. The number of aliphatic hydroxyl groups is 1. The van der Waals surface area contributed by atoms with E-state index >= 15 is 0 Å². The lowest BCUT2D eigenvalue weighted by molar-refractivity contribution is -0.140. The summed E-state index contributed by atoms with van der Waals surface area (Å²) in [7, 11) is 0. The molecule has 4 rings (SSSR count). The van der Waals surface area contributed by atoms with Crippen molar-refractivity contribution in [1.82, 2.24) is 15.5 Å². The molecule has 7 nitrogen and oxygen atoms in total. The molecular weight excluding hydrogens is 530 g/mol. The molecule has 3 saturated heterocycles. The van der Waals surface area contributed by atoms with Gasteiger partial charge in [0.15, 0.2) is 0 Å². The lowest BCUT2D eigenvalue weighted by atomic mass is 9.70. The second-order valence-corrected chi connectivity index (χ2v) is 12.5. The zero-order chi connectivity index (χ0) is 25.0. The molecule has 0 saturated carbocycles. The van der Waals surface area contributed by atoms with Crippen molar-refractivity contribution < 1.29 is 19.5 Å². The maximum absolute atomic E-state index is 13.9. The number of benzene rings is 1. The van der Waals surface area contributed by atoms with Gasteiger partial charge in [0.2, 0.25) is 17.7 Å². The van der Waals surface area contributed by atoms with Gasteiger partial charge in [-0.1, -0.05) is 59.6 Å². The Morgan fingerprint density at radius 3 is 2.63 bits per heavy atom. The van der Waals surface area contributed by atoms with Crippen molar-refractivity contribution >= 4 is 45.4 Å². The fourth-order valence-electron chi connectivity index (χ4n) is 5.93. The molecule has 6 atom stereocenters. The first kappa shape index (κ1) is 26.5. The van der Waals surface area contributed by atoms with Crippen LogP contribution in [0.25, 0.3) is 0 Å². The third-order valence-corrected chi connectivity index (χ3v) is 10.8. The first-order chi connectivity index (χ1) is 16.9. The summed E-state index contributed by atoms with van der Waals surface area (Å²) >= 11 is 5.47. The van der Waals surface area contributed by atoms with E-state index in [2.05, 4.69) is 33.5 Å². The normalized spacial score (nSPS) is 31.0. The van der Waals surface area contributed by atoms with Crippen LogP contribution in [0, 0.1) is 11.8 Å². The number of aliphatic hydroxyl groups excluding tert-OH is 1. The average molecular weight is 567 g/mol. The van der Waals surface area contributed by atoms with Crippen LogP contribution in [0.4, 0.5) is 0 Å². The summed E-state index contributed by atoms with van der Waals surface area (Å²) in [6, 6.07) is 9.18. The molecule has 0 aromatic heterocycles. The molecule has 1 aromatic rings. The molecule has 3 fully saturated rings. The monoisotopic (exact) mass is 565 g/mol. The molecule has 3 unspecified atom stereocenters. The maximum Gasteiger partial charge on any atom is 0.244 e. The number of hydrogen-bond acceptors (Lipinski definition) is 5. The average Bonchev–Trinajstić information content (AvgIpc) is 3.44. The number of thioether (sulfide) groups is 1. The zero-order valence-electron chi connectivity index (χ0n) is 20.2. The molecule has 0 aliphatic carbocycles. The molecule has 3 amide bonds. The number of alkyl halides is 1. The number of carbonyl (C=O) groups excluding carboxylic acids is 3. The van der Waals surface area contributed by atoms with Gasteiger partial charge in [-0.3, -0.25) is 14.4 Å². The lowest BCUT2D eigenvalue weighted by Gasteiger charge is -2.35. The molecule has 3 N–H and O–H groups in total. The second kappa shape index (κ2) is 11.6. The summed E-state index contributed by atoms with van der Waals surface area (Å²) in [5.41, 5.74) is 1.01. The van der Waals surface area contributed by atoms with Gasteiger partial charge in [0.1, 0.15) is 6.04 Å². The Kier molecular flexibility index (Phi) is 8.81. The number of amides is 3. The number of likely N-dealkylation sites (tertiary alicyclic amines) is 1. The number of unbranched alkanes of at least 4 members (excludes halogenated alkanes) is 3. The highest BCUT2D eigenvalue weighted by molar-refractivity contribution is 9.09. The summed E-state index contributed by atoms with van der Waals surface area (Å²) < 4.78 is -0.599. The van der Waals surface area contributed by atoms with E-state index in [0.29, 0.717) is 32.5 Å². The highest BCUT2D eigenvalue weighted by Gasteiger charge is 2.75. The van der Waals surface area contributed by atoms with Crippen LogP contribution in [0.1, 0.15) is 51.0 Å². The van der Waals surface area contributed by atoms with E-state index in [1.54, 1.807) is 16.7 Å². The Morgan fingerprint density at radius 1 is 1.14 bits per heavy atom. The number of nitrogens with zero attached hydrogens (tertiary/aromatic N) is 1. The van der Waals surface area contributed by atoms with Gasteiger partial charge in [0.25, 0.3) is 0 Å². The first-order valence-electron chi connectivity index (χ1n) is 12.8. The van der Waals surface area contributed by atoms with Crippen LogP contribution < -0.4 is 10.6 Å². The van der Waals surface area contributed by atoms with E-state index in [0.717, 1.165) is 31.2 Å². The molecule has 9 heteroatoms. The third kappa shape index (κ3) is 5.14. The van der Waals surface area contributed by atoms with Gasteiger partial charge >= 0.3 is 0 Å². The number of rotatable bonds is 12. The molecular formula is C26H36BrN3O4S. The third-order valence-electron chi connectivity index (χ3n) is 7.54. The van der Waals surface area contributed by atoms with Crippen LogP contribution >= 0.6 is 27.7 Å². The Bertz CT molecular complexity index is 919. The summed E-state index contributed by atoms with van der Waals surface area (Å²) in [5, 5.41) is 15.2. The van der Waals surface area contributed by atoms with Gasteiger partial charge in [-0.2, -0.15) is 0 Å². The minimum absolute atomic E-state index is 0.0396. The predicted molar refractivity (Wildman–Crippen MR) is 141 cm³/mol. The minimum atomic E-state index is -0.599. The van der Waals surface area contributed by atoms with Crippen molar-refractivity contribution in [2.24, 2.45) is 11.8 Å². The number of fused-ring (bicyclic) bond motifs is 1. The molecule has 3 aliphatic rings. The number of carbonyl (C=O) groups is 3. The van der Waals surface area contributed by atoms with Crippen LogP contribution in [0.2, 0.25) is 0 Å². The SMILES string of the molecule is CCCCNC(=O)C1N(CCCCCO)C(=O)[C@@H]2[C@H](C(=O)NCc3ccccc3)[C@H]3SC12CC3Br. The highest BCUT2D eigenvalue weighted by Crippen LogP contribution is 2.67. The van der Waals surface area contributed by atoms with Crippen LogP contribution in [0.5, 0.6) is 0 Å². The van der Waals surface area contributed by atoms with Crippen LogP contribution in [0.3, 0.4) is 0 Å². The standard InChI is InChI=1S/C26H36BrN3O4S/c1-2-3-12-28-24(33)22-26-15-18(27)21(35-26)19(23(32)29-16-17-10-6-4-7-11-17)20(26)25(34)30(22)13-8-5-9-14-31/h4,6-7,10-11,18-22,31H,2-3,5,8-9,12-16H2,1H3,(H,28,33)(H,29,32)/t18?,19-,20-,21-,22?,26?/m0/s1. The smallest absolute Gasteiger partial charge is 0.244 e. The Balaban J connectivity index is 1.57. The van der Waals surface area contributed by atoms with Crippen molar-refractivity contribution in [3.05, 3.63) is 35.9 Å². The second-order valence-electron chi connectivity index (χ2n) is 9.83. The first-order valence-corrected chi connectivity index (χ1v) is 14.6. The Labute approximate surface area is 220 Å². The van der Waals surface area contributed by atoms with Gasteiger partial charge in [0, 0.05) is 36.3 Å². The largest absolute Gasteiger partial charge is 0.396 e. The van der Waals surface area contributed by atoms with Gasteiger partial charge < -0.3 is 20.6 Å². The van der Waals surface area contributed by atoms with Gasteiger partial charge in [0.05, 0.1) is 16.6 Å². The van der Waals surface area contributed by atoms with E-state index in [9.17, 15) is 14.4 Å². The number of nitrogens with one attached hydrogen (secondary N) is 2. The van der Waals surface area contributed by atoms with Gasteiger partial charge in [-0.25, -0.2) is 0 Å². The molecule has 1 aromatic carbocycles. The molecule has 2 bridgehead atoms. The van der Waals surface area contributed by atoms with E-state index in [-0.39, 0.29) is 34.4 Å². The Morgan fingerprint density at radius 2 is 1.91 bits per heavy atom. The molecule has 3 heterocycles. The fraction of sp³-hybridized carbons (Fsp3) is 0.654. The van der Waals surface area contributed by atoms with Crippen LogP contribution in [-0.4, -0.2) is 68.3 Å². The number of halogens is 1. The summed E-state index contributed by atoms with van der Waals surface area (Å²) in [6.07, 6.45) is 4.76. The fourth-order valence-corrected chi connectivity index (χ4v) is 9.54. The topological polar surface area (TPSA) is 98.7 Å². The van der Waals surface area contributed by atoms with Crippen molar-refractivity contribution in [2.45, 2.75) is 72.9 Å². The van der Waals surface area contributed by atoms with Gasteiger partial charge in [-0.15, -0.1) is 11.8 Å². The minimum Gasteiger partial charge on any atom is -0.396 e. The van der Waals surface area contributed by atoms with Crippen molar-refractivity contribution in [3.8, 4) is 0 Å². The summed E-state index contributed by atoms with van der Waals surface area (Å²) in [4.78, 5) is 42.7. The molecule has 1 spiro atoms. The number of hydrogen-bond donors (Lipinski definition) is 3. The lowest BCUT2D eigenvalue weighted by Crippen LogP contribution is -2.54. The van der Waals surface area contributed by atoms with Crippen LogP contribution in [0.15, 0.2) is 30.3 Å². The van der Waals surface area contributed by atoms with E-state index < -0.39 is 22.6 Å². The molecule has 192 valence electrons. The van der Waals surface area contributed by atoms with E-state index in [1.165, 1.54) is 0 Å². The Hall–Kier alpha value is -1.58. The predicted octanol–water partition coefficient (Wildman–Crippen LogP) is 2.85. The molecule has 35 heavy (non-hydrogen) atoms. The van der Waals surface area contributed by atoms with Crippen molar-refractivity contribution in [3.63, 3.8) is 0 Å². The quantitative estimate of drug-likeness (QED) is 0.267. The molecule has 0 radical (unpaired) electrons. The van der Waals surface area contributed by atoms with Crippen molar-refractivity contribution in [2.75, 3.05) is 19.7 Å². The van der Waals surface area contributed by atoms with E-state index in [4.69, 9.17) is 5.11 Å². The summed E-state index contributed by atoms with van der Waals surface area (Å²) in [5.74, 6) is -1.25. The van der Waals surface area contributed by atoms with E-state index in [1.807, 2.05) is 30.3 Å². The molecule has 3 aliphatic heterocycles.